The van der Waals surface area contributed by atoms with Gasteiger partial charge in [-0.15, -0.1) is 0 Å². The van der Waals surface area contributed by atoms with Crippen molar-refractivity contribution >= 4 is 23.0 Å². The minimum atomic E-state index is 0.120. The molecule has 2 N–H and O–H groups in total. The zero-order valence-corrected chi connectivity index (χ0v) is 12.6. The van der Waals surface area contributed by atoms with Crippen LogP contribution in [0.15, 0.2) is 47.2 Å². The zero-order valence-electron chi connectivity index (χ0n) is 12.6. The van der Waals surface area contributed by atoms with Crippen molar-refractivity contribution in [2.45, 2.75) is 32.1 Å². The van der Waals surface area contributed by atoms with Crippen LogP contribution in [0, 0.1) is 0 Å². The molecule has 4 nitrogen and oxygen atoms in total. The highest BCUT2D eigenvalue weighted by Crippen LogP contribution is 2.18. The highest BCUT2D eigenvalue weighted by molar-refractivity contribution is 5.84. The smallest absolute Gasteiger partial charge is 0.220 e. The first-order valence-electron chi connectivity index (χ1n) is 7.86. The molecule has 1 aromatic carbocycles. The van der Waals surface area contributed by atoms with Gasteiger partial charge in [0.15, 0.2) is 0 Å². The Morgan fingerprint density at radius 3 is 3.05 bits per heavy atom. The summed E-state index contributed by atoms with van der Waals surface area (Å²) < 4.78 is 0. The van der Waals surface area contributed by atoms with Crippen molar-refractivity contribution in [1.82, 2.24) is 10.3 Å². The number of aromatic nitrogens is 1. The fourth-order valence-corrected chi connectivity index (χ4v) is 2.75. The number of H-pyrrole nitrogens is 1. The van der Waals surface area contributed by atoms with E-state index < -0.39 is 0 Å². The minimum Gasteiger partial charge on any atom is -0.361 e. The number of carbonyl (C=O) groups excluding carboxylic acids is 1. The van der Waals surface area contributed by atoms with E-state index in [1.54, 1.807) is 0 Å². The van der Waals surface area contributed by atoms with E-state index >= 15 is 0 Å². The molecule has 0 bridgehead atoms. The van der Waals surface area contributed by atoms with Crippen LogP contribution < -0.4 is 5.32 Å². The molecule has 0 saturated heterocycles. The summed E-state index contributed by atoms with van der Waals surface area (Å²) in [5.41, 5.74) is 3.48. The Hall–Kier alpha value is -2.36. The van der Waals surface area contributed by atoms with Crippen LogP contribution in [-0.4, -0.2) is 23.7 Å². The van der Waals surface area contributed by atoms with E-state index in [2.05, 4.69) is 33.5 Å². The number of nitrogens with one attached hydrogen (secondary N) is 2. The third-order valence-electron chi connectivity index (χ3n) is 3.94. The van der Waals surface area contributed by atoms with Crippen LogP contribution >= 0.6 is 0 Å². The number of allylic oxidation sites excluding steroid dienone is 2. The number of aryl methyl sites for hydroxylation is 1. The summed E-state index contributed by atoms with van der Waals surface area (Å²) in [5.74, 6) is 0.120. The summed E-state index contributed by atoms with van der Waals surface area (Å²) >= 11 is 0. The third kappa shape index (κ3) is 3.64. The first-order valence-corrected chi connectivity index (χ1v) is 7.86. The molecule has 3 rings (SSSR count). The lowest BCUT2D eigenvalue weighted by molar-refractivity contribution is -0.121. The standard InChI is InChI=1S/C18H21N3O/c22-18(20-12-4-6-15-5-3-11-19-15)10-9-14-13-21-17-8-2-1-7-16(14)17/h1-2,5,7-8,11,13,21H,3-4,6,9-10,12H2,(H,20,22). The fraction of sp³-hybridized carbons (Fsp3) is 0.333. The van der Waals surface area contributed by atoms with Gasteiger partial charge in [-0.3, -0.25) is 9.79 Å². The third-order valence-corrected chi connectivity index (χ3v) is 3.94. The number of nitrogens with zero attached hydrogens (tertiary/aromatic N) is 1. The Morgan fingerprint density at radius 2 is 2.18 bits per heavy atom. The van der Waals surface area contributed by atoms with Gasteiger partial charge in [0, 0.05) is 48.4 Å². The summed E-state index contributed by atoms with van der Waals surface area (Å²) in [6, 6.07) is 8.19. The van der Waals surface area contributed by atoms with Crippen molar-refractivity contribution in [3.05, 3.63) is 47.8 Å². The molecule has 22 heavy (non-hydrogen) atoms. The van der Waals surface area contributed by atoms with Crippen LogP contribution in [0.25, 0.3) is 10.9 Å². The molecule has 1 aliphatic heterocycles. The second-order valence-electron chi connectivity index (χ2n) is 5.56. The van der Waals surface area contributed by atoms with Crippen LogP contribution in [0.5, 0.6) is 0 Å². The van der Waals surface area contributed by atoms with E-state index in [1.165, 1.54) is 10.9 Å². The summed E-state index contributed by atoms with van der Waals surface area (Å²) in [6.45, 7) is 0.722. The minimum absolute atomic E-state index is 0.120. The Kier molecular flexibility index (Phi) is 4.68. The summed E-state index contributed by atoms with van der Waals surface area (Å²) in [5, 5.41) is 4.20. The fourth-order valence-electron chi connectivity index (χ4n) is 2.75. The SMILES string of the molecule is O=C(CCc1c[nH]c2ccccc12)NCCCC1=CCC=N1. The van der Waals surface area contributed by atoms with Crippen molar-refractivity contribution < 1.29 is 4.79 Å². The predicted octanol–water partition coefficient (Wildman–Crippen LogP) is 3.36. The highest BCUT2D eigenvalue weighted by atomic mass is 16.1. The topological polar surface area (TPSA) is 57.2 Å². The maximum Gasteiger partial charge on any atom is 0.220 e. The molecular formula is C18H21N3O. The monoisotopic (exact) mass is 295 g/mol. The Labute approximate surface area is 130 Å². The Balaban J connectivity index is 1.39. The maximum atomic E-state index is 11.9. The van der Waals surface area contributed by atoms with E-state index in [0.717, 1.165) is 43.4 Å². The number of fused-ring (bicyclic) bond motifs is 1. The Bertz CT molecular complexity index is 712. The van der Waals surface area contributed by atoms with Gasteiger partial charge < -0.3 is 10.3 Å². The first kappa shape index (κ1) is 14.6. The number of rotatable bonds is 7. The zero-order chi connectivity index (χ0) is 15.2. The van der Waals surface area contributed by atoms with E-state index in [4.69, 9.17) is 0 Å². The molecule has 0 atom stereocenters. The number of aliphatic imine (C=N–C) groups is 1. The number of para-hydroxylation sites is 1. The predicted molar refractivity (Wildman–Crippen MR) is 90.1 cm³/mol. The van der Waals surface area contributed by atoms with E-state index in [-0.39, 0.29) is 5.91 Å². The first-order chi connectivity index (χ1) is 10.8. The van der Waals surface area contributed by atoms with E-state index in [0.29, 0.717) is 6.42 Å². The number of carbonyl (C=O) groups is 1. The largest absolute Gasteiger partial charge is 0.361 e. The maximum absolute atomic E-state index is 11.9. The second-order valence-corrected chi connectivity index (χ2v) is 5.56. The quantitative estimate of drug-likeness (QED) is 0.756. The molecule has 114 valence electrons. The van der Waals surface area contributed by atoms with Crippen LogP contribution in [0.4, 0.5) is 0 Å². The van der Waals surface area contributed by atoms with Gasteiger partial charge in [-0.05, 0) is 30.9 Å². The molecule has 4 heteroatoms. The molecule has 2 aromatic rings. The molecule has 0 aliphatic carbocycles. The number of aromatic amines is 1. The molecule has 0 fully saturated rings. The van der Waals surface area contributed by atoms with Crippen molar-refractivity contribution in [3.63, 3.8) is 0 Å². The van der Waals surface area contributed by atoms with Crippen molar-refractivity contribution in [1.29, 1.82) is 0 Å². The number of hydrogen-bond donors (Lipinski definition) is 2. The van der Waals surface area contributed by atoms with Crippen LogP contribution in [0.3, 0.4) is 0 Å². The summed E-state index contributed by atoms with van der Waals surface area (Å²) in [4.78, 5) is 19.4. The van der Waals surface area contributed by atoms with Crippen LogP contribution in [-0.2, 0) is 11.2 Å². The number of amides is 1. The van der Waals surface area contributed by atoms with E-state index in [9.17, 15) is 4.79 Å². The molecule has 1 aliphatic rings. The normalized spacial score (nSPS) is 13.5. The molecular weight excluding hydrogens is 274 g/mol. The van der Waals surface area contributed by atoms with Crippen molar-refractivity contribution in [2.24, 2.45) is 4.99 Å². The average Bonchev–Trinajstić information content (AvgIpc) is 3.19. The summed E-state index contributed by atoms with van der Waals surface area (Å²) in [6.07, 6.45) is 10.2. The average molecular weight is 295 g/mol. The lowest BCUT2D eigenvalue weighted by atomic mass is 10.1. The van der Waals surface area contributed by atoms with Gasteiger partial charge in [0.05, 0.1) is 0 Å². The van der Waals surface area contributed by atoms with Gasteiger partial charge in [-0.2, -0.15) is 0 Å². The lowest BCUT2D eigenvalue weighted by Crippen LogP contribution is -2.24. The lowest BCUT2D eigenvalue weighted by Gasteiger charge is -2.05. The highest BCUT2D eigenvalue weighted by Gasteiger charge is 2.06. The van der Waals surface area contributed by atoms with Crippen molar-refractivity contribution in [3.8, 4) is 0 Å². The molecule has 1 amide bonds. The molecule has 0 radical (unpaired) electrons. The van der Waals surface area contributed by atoms with Gasteiger partial charge in [-0.1, -0.05) is 24.3 Å². The second kappa shape index (κ2) is 7.07. The van der Waals surface area contributed by atoms with Crippen LogP contribution in [0.1, 0.15) is 31.2 Å². The van der Waals surface area contributed by atoms with Gasteiger partial charge in [0.1, 0.15) is 0 Å². The number of hydrogen-bond acceptors (Lipinski definition) is 2. The molecule has 1 aromatic heterocycles. The van der Waals surface area contributed by atoms with Gasteiger partial charge in [0.2, 0.25) is 5.91 Å². The van der Waals surface area contributed by atoms with Gasteiger partial charge in [-0.25, -0.2) is 0 Å². The van der Waals surface area contributed by atoms with Gasteiger partial charge in [0.25, 0.3) is 0 Å². The summed E-state index contributed by atoms with van der Waals surface area (Å²) in [7, 11) is 0. The molecule has 2 heterocycles. The molecule has 0 spiro atoms. The van der Waals surface area contributed by atoms with Crippen molar-refractivity contribution in [2.75, 3.05) is 6.54 Å². The van der Waals surface area contributed by atoms with Crippen LogP contribution in [0.2, 0.25) is 0 Å². The van der Waals surface area contributed by atoms with Gasteiger partial charge >= 0.3 is 0 Å². The Morgan fingerprint density at radius 1 is 1.27 bits per heavy atom. The van der Waals surface area contributed by atoms with E-state index in [1.807, 2.05) is 24.5 Å². The molecule has 0 saturated carbocycles. The number of benzene rings is 1. The molecule has 0 unspecified atom stereocenters.